The summed E-state index contributed by atoms with van der Waals surface area (Å²) in [5, 5.41) is 3.46. The van der Waals surface area contributed by atoms with Crippen molar-refractivity contribution in [2.45, 2.75) is 39.3 Å². The summed E-state index contributed by atoms with van der Waals surface area (Å²) in [4.78, 5) is 10.9. The van der Waals surface area contributed by atoms with Crippen molar-refractivity contribution >= 4 is 5.91 Å². The van der Waals surface area contributed by atoms with Gasteiger partial charge in [0, 0.05) is 18.5 Å². The number of amides is 1. The van der Waals surface area contributed by atoms with E-state index in [1.54, 1.807) is 0 Å². The summed E-state index contributed by atoms with van der Waals surface area (Å²) < 4.78 is 0. The van der Waals surface area contributed by atoms with Gasteiger partial charge in [0.1, 0.15) is 0 Å². The first-order chi connectivity index (χ1) is 8.00. The van der Waals surface area contributed by atoms with Gasteiger partial charge in [-0.1, -0.05) is 44.2 Å². The zero-order chi connectivity index (χ0) is 12.8. The number of nitrogens with one attached hydrogen (secondary N) is 1. The Hall–Kier alpha value is -1.35. The molecule has 17 heavy (non-hydrogen) atoms. The summed E-state index contributed by atoms with van der Waals surface area (Å²) in [5.41, 5.74) is 6.45. The molecular weight excluding hydrogens is 212 g/mol. The highest BCUT2D eigenvalue weighted by Crippen LogP contribution is 2.22. The topological polar surface area (TPSA) is 55.1 Å². The van der Waals surface area contributed by atoms with Gasteiger partial charge in [-0.15, -0.1) is 0 Å². The van der Waals surface area contributed by atoms with E-state index in [9.17, 15) is 4.79 Å². The molecule has 0 saturated heterocycles. The van der Waals surface area contributed by atoms with E-state index < -0.39 is 0 Å². The number of hydrogen-bond donors (Lipinski definition) is 2. The monoisotopic (exact) mass is 234 g/mol. The Morgan fingerprint density at radius 2 is 1.82 bits per heavy atom. The number of hydrogen-bond acceptors (Lipinski definition) is 2. The molecule has 0 bridgehead atoms. The number of carbonyl (C=O) groups excluding carboxylic acids is 1. The van der Waals surface area contributed by atoms with Crippen LogP contribution in [0.1, 0.15) is 38.8 Å². The molecule has 0 aliphatic carbocycles. The lowest BCUT2D eigenvalue weighted by molar-refractivity contribution is -0.118. The molecule has 1 aromatic carbocycles. The van der Waals surface area contributed by atoms with E-state index in [-0.39, 0.29) is 18.0 Å². The minimum Gasteiger partial charge on any atom is -0.370 e. The fourth-order valence-electron chi connectivity index (χ4n) is 2.00. The molecule has 3 N–H and O–H groups in total. The highest BCUT2D eigenvalue weighted by atomic mass is 16.1. The van der Waals surface area contributed by atoms with E-state index in [4.69, 9.17) is 5.73 Å². The van der Waals surface area contributed by atoms with E-state index >= 15 is 0 Å². The van der Waals surface area contributed by atoms with Gasteiger partial charge in [0.25, 0.3) is 0 Å². The third kappa shape index (κ3) is 4.57. The van der Waals surface area contributed by atoms with Gasteiger partial charge in [-0.2, -0.15) is 0 Å². The fourth-order valence-corrected chi connectivity index (χ4v) is 2.00. The van der Waals surface area contributed by atoms with Crippen LogP contribution in [0.3, 0.4) is 0 Å². The maximum Gasteiger partial charge on any atom is 0.218 e. The van der Waals surface area contributed by atoms with Crippen molar-refractivity contribution < 1.29 is 4.79 Å². The number of benzene rings is 1. The van der Waals surface area contributed by atoms with Gasteiger partial charge >= 0.3 is 0 Å². The summed E-state index contributed by atoms with van der Waals surface area (Å²) in [6.45, 7) is 6.33. The van der Waals surface area contributed by atoms with Crippen LogP contribution in [0.2, 0.25) is 0 Å². The molecule has 3 nitrogen and oxygen atoms in total. The van der Waals surface area contributed by atoms with Crippen LogP contribution >= 0.6 is 0 Å². The fraction of sp³-hybridized carbons (Fsp3) is 0.500. The minimum atomic E-state index is -0.263. The van der Waals surface area contributed by atoms with Gasteiger partial charge < -0.3 is 11.1 Å². The molecule has 3 heteroatoms. The molecule has 1 amide bonds. The van der Waals surface area contributed by atoms with Gasteiger partial charge in [-0.05, 0) is 18.4 Å². The molecule has 0 aromatic heterocycles. The zero-order valence-electron chi connectivity index (χ0n) is 10.8. The number of primary amides is 1. The predicted octanol–water partition coefficient (Wildman–Crippen LogP) is 2.24. The van der Waals surface area contributed by atoms with Gasteiger partial charge in [0.15, 0.2) is 0 Å². The lowest BCUT2D eigenvalue weighted by Crippen LogP contribution is -2.36. The van der Waals surface area contributed by atoms with Gasteiger partial charge in [0.2, 0.25) is 5.91 Å². The Morgan fingerprint density at radius 3 is 2.29 bits per heavy atom. The quantitative estimate of drug-likeness (QED) is 0.793. The zero-order valence-corrected chi connectivity index (χ0v) is 10.8. The van der Waals surface area contributed by atoms with Gasteiger partial charge in [-0.3, -0.25) is 4.79 Å². The average Bonchev–Trinajstić information content (AvgIpc) is 2.25. The van der Waals surface area contributed by atoms with Gasteiger partial charge in [-0.25, -0.2) is 0 Å². The van der Waals surface area contributed by atoms with Crippen LogP contribution in [0.5, 0.6) is 0 Å². The summed E-state index contributed by atoms with van der Waals surface area (Å²) in [5.74, 6) is 0.202. The molecular formula is C14H22N2O. The van der Waals surface area contributed by atoms with Crippen molar-refractivity contribution in [3.63, 3.8) is 0 Å². The molecule has 2 atom stereocenters. The number of carbonyl (C=O) groups is 1. The molecule has 1 aromatic rings. The van der Waals surface area contributed by atoms with Crippen LogP contribution in [0, 0.1) is 5.92 Å². The number of rotatable bonds is 6. The van der Waals surface area contributed by atoms with E-state index in [1.807, 2.05) is 25.1 Å². The molecule has 0 saturated carbocycles. The first-order valence-corrected chi connectivity index (χ1v) is 6.10. The van der Waals surface area contributed by atoms with Crippen molar-refractivity contribution in [1.82, 2.24) is 5.32 Å². The second-order valence-corrected chi connectivity index (χ2v) is 4.87. The third-order valence-electron chi connectivity index (χ3n) is 2.80. The molecule has 0 aliphatic rings. The maximum absolute atomic E-state index is 10.9. The standard InChI is InChI=1S/C14H22N2O/c1-10(2)14(12-7-5-4-6-8-12)16-11(3)9-13(15)17/h4-8,10-11,14,16H,9H2,1-3H3,(H2,15,17). The highest BCUT2D eigenvalue weighted by molar-refractivity contribution is 5.74. The molecule has 0 fully saturated rings. The Bertz CT molecular complexity index is 348. The smallest absolute Gasteiger partial charge is 0.218 e. The largest absolute Gasteiger partial charge is 0.370 e. The van der Waals surface area contributed by atoms with Crippen molar-refractivity contribution in [3.05, 3.63) is 35.9 Å². The lowest BCUT2D eigenvalue weighted by atomic mass is 9.95. The summed E-state index contributed by atoms with van der Waals surface area (Å²) >= 11 is 0. The lowest BCUT2D eigenvalue weighted by Gasteiger charge is -2.26. The summed E-state index contributed by atoms with van der Waals surface area (Å²) in [7, 11) is 0. The molecule has 1 rings (SSSR count). The van der Waals surface area contributed by atoms with E-state index in [0.717, 1.165) is 0 Å². The summed E-state index contributed by atoms with van der Waals surface area (Å²) in [6.07, 6.45) is 0.371. The van der Waals surface area contributed by atoms with E-state index in [0.29, 0.717) is 12.3 Å². The first-order valence-electron chi connectivity index (χ1n) is 6.10. The van der Waals surface area contributed by atoms with Crippen molar-refractivity contribution in [1.29, 1.82) is 0 Å². The van der Waals surface area contributed by atoms with Gasteiger partial charge in [0.05, 0.1) is 0 Å². The van der Waals surface area contributed by atoms with Crippen molar-refractivity contribution in [2.24, 2.45) is 11.7 Å². The number of nitrogens with two attached hydrogens (primary N) is 1. The predicted molar refractivity (Wildman–Crippen MR) is 70.4 cm³/mol. The molecule has 0 radical (unpaired) electrons. The Kier molecular flexibility index (Phi) is 5.16. The van der Waals surface area contributed by atoms with Crippen molar-refractivity contribution in [3.8, 4) is 0 Å². The Balaban J connectivity index is 2.71. The highest BCUT2D eigenvalue weighted by Gasteiger charge is 2.18. The van der Waals surface area contributed by atoms with E-state index in [1.165, 1.54) is 5.56 Å². The Labute approximate surface area is 103 Å². The third-order valence-corrected chi connectivity index (χ3v) is 2.80. The van der Waals surface area contributed by atoms with Crippen LogP contribution < -0.4 is 11.1 Å². The summed E-state index contributed by atoms with van der Waals surface area (Å²) in [6, 6.07) is 10.6. The molecule has 0 heterocycles. The minimum absolute atomic E-state index is 0.0973. The molecule has 0 aliphatic heterocycles. The second-order valence-electron chi connectivity index (χ2n) is 4.87. The second kappa shape index (κ2) is 6.40. The average molecular weight is 234 g/mol. The van der Waals surface area contributed by atoms with Crippen LogP contribution in [0.25, 0.3) is 0 Å². The van der Waals surface area contributed by atoms with Crippen LogP contribution in [-0.4, -0.2) is 11.9 Å². The van der Waals surface area contributed by atoms with Crippen molar-refractivity contribution in [2.75, 3.05) is 0 Å². The SMILES string of the molecule is CC(CC(N)=O)NC(c1ccccc1)C(C)C. The molecule has 0 spiro atoms. The Morgan fingerprint density at radius 1 is 1.24 bits per heavy atom. The molecule has 94 valence electrons. The van der Waals surface area contributed by atoms with Crippen LogP contribution in [-0.2, 0) is 4.79 Å². The van der Waals surface area contributed by atoms with Crippen LogP contribution in [0.15, 0.2) is 30.3 Å². The van der Waals surface area contributed by atoms with E-state index in [2.05, 4.69) is 31.3 Å². The normalized spacial score (nSPS) is 14.6. The molecule has 2 unspecified atom stereocenters. The first kappa shape index (κ1) is 13.7. The van der Waals surface area contributed by atoms with Crippen LogP contribution in [0.4, 0.5) is 0 Å². The maximum atomic E-state index is 10.9.